The average molecular weight is 311 g/mol. The van der Waals surface area contributed by atoms with E-state index in [4.69, 9.17) is 20.6 Å². The van der Waals surface area contributed by atoms with Crippen LogP contribution in [0.5, 0.6) is 11.5 Å². The molecule has 21 heavy (non-hydrogen) atoms. The monoisotopic (exact) mass is 310 g/mol. The molecule has 0 bridgehead atoms. The van der Waals surface area contributed by atoms with Gasteiger partial charge in [-0.15, -0.1) is 12.4 Å². The van der Waals surface area contributed by atoms with E-state index in [0.29, 0.717) is 17.1 Å². The molecule has 0 aromatic heterocycles. The van der Waals surface area contributed by atoms with E-state index in [-0.39, 0.29) is 30.7 Å². The maximum Gasteiger partial charge on any atom is 0.172 e. The Hall–Kier alpha value is -2.27. The highest BCUT2D eigenvalue weighted by Gasteiger charge is 2.12. The lowest BCUT2D eigenvalue weighted by molar-refractivity contribution is 0.284. The zero-order chi connectivity index (χ0) is 14.5. The van der Waals surface area contributed by atoms with E-state index in [2.05, 4.69) is 0 Å². The highest BCUT2D eigenvalue weighted by atomic mass is 35.5. The maximum atomic E-state index is 12.8. The lowest BCUT2D eigenvalue weighted by Gasteiger charge is -2.14. The summed E-state index contributed by atoms with van der Waals surface area (Å²) in [6, 6.07) is 11.2. The highest BCUT2D eigenvalue weighted by Crippen LogP contribution is 2.31. The van der Waals surface area contributed by atoms with E-state index in [1.54, 1.807) is 30.3 Å². The largest absolute Gasteiger partial charge is 0.493 e. The first kappa shape index (κ1) is 16.8. The number of amidine groups is 1. The molecule has 0 fully saturated rings. The van der Waals surface area contributed by atoms with Gasteiger partial charge in [0, 0.05) is 0 Å². The first-order chi connectivity index (χ1) is 9.61. The van der Waals surface area contributed by atoms with Gasteiger partial charge in [0.1, 0.15) is 18.3 Å². The summed E-state index contributed by atoms with van der Waals surface area (Å²) in [6.45, 7) is 0.237. The molecule has 0 aliphatic rings. The van der Waals surface area contributed by atoms with Crippen molar-refractivity contribution in [2.75, 3.05) is 7.11 Å². The van der Waals surface area contributed by atoms with Gasteiger partial charge in [-0.25, -0.2) is 4.39 Å². The van der Waals surface area contributed by atoms with Gasteiger partial charge in [-0.05, 0) is 29.8 Å². The quantitative estimate of drug-likeness (QED) is 0.658. The molecule has 0 aliphatic carbocycles. The number of nitrogen functional groups attached to an aromatic ring is 1. The predicted molar refractivity (Wildman–Crippen MR) is 82.0 cm³/mol. The number of rotatable bonds is 5. The zero-order valence-corrected chi connectivity index (χ0v) is 12.2. The fraction of sp³-hybridized carbons (Fsp3) is 0.133. The molecule has 6 heteroatoms. The predicted octanol–water partition coefficient (Wildman–Crippen LogP) is 3.12. The van der Waals surface area contributed by atoms with E-state index in [1.165, 1.54) is 19.2 Å². The second-order valence-electron chi connectivity index (χ2n) is 4.17. The van der Waals surface area contributed by atoms with Crippen LogP contribution < -0.4 is 15.2 Å². The summed E-state index contributed by atoms with van der Waals surface area (Å²) >= 11 is 0. The Morgan fingerprint density at radius 1 is 1.19 bits per heavy atom. The molecule has 0 amide bonds. The molecule has 0 heterocycles. The number of para-hydroxylation sites is 1. The topological polar surface area (TPSA) is 68.3 Å². The minimum atomic E-state index is -0.296. The molecular formula is C15H16ClFN2O2. The van der Waals surface area contributed by atoms with Crippen LogP contribution in [0.2, 0.25) is 0 Å². The highest BCUT2D eigenvalue weighted by molar-refractivity contribution is 5.98. The summed E-state index contributed by atoms with van der Waals surface area (Å²) in [7, 11) is 1.52. The first-order valence-corrected chi connectivity index (χ1v) is 6.00. The Kier molecular flexibility index (Phi) is 5.99. The van der Waals surface area contributed by atoms with Gasteiger partial charge in [0.25, 0.3) is 0 Å². The van der Waals surface area contributed by atoms with Crippen LogP contribution in [0.25, 0.3) is 0 Å². The Morgan fingerprint density at radius 2 is 1.86 bits per heavy atom. The Balaban J connectivity index is 0.00000220. The molecule has 0 atom stereocenters. The van der Waals surface area contributed by atoms with E-state index in [1.807, 2.05) is 0 Å². The summed E-state index contributed by atoms with van der Waals surface area (Å²) in [4.78, 5) is 0. The second-order valence-corrected chi connectivity index (χ2v) is 4.17. The lowest BCUT2D eigenvalue weighted by Crippen LogP contribution is -2.13. The van der Waals surface area contributed by atoms with Crippen molar-refractivity contribution in [2.24, 2.45) is 5.73 Å². The Labute approximate surface area is 128 Å². The lowest BCUT2D eigenvalue weighted by atomic mass is 10.1. The molecule has 0 aliphatic heterocycles. The summed E-state index contributed by atoms with van der Waals surface area (Å²) in [5.41, 5.74) is 6.80. The molecule has 4 nitrogen and oxygen atoms in total. The fourth-order valence-electron chi connectivity index (χ4n) is 1.77. The normalized spacial score (nSPS) is 9.62. The molecular weight excluding hydrogens is 295 g/mol. The van der Waals surface area contributed by atoms with Crippen LogP contribution in [0.15, 0.2) is 42.5 Å². The third-order valence-corrected chi connectivity index (χ3v) is 2.79. The molecule has 0 unspecified atom stereocenters. The Morgan fingerprint density at radius 3 is 2.43 bits per heavy atom. The molecule has 2 aromatic carbocycles. The molecule has 3 N–H and O–H groups in total. The second kappa shape index (κ2) is 7.50. The van der Waals surface area contributed by atoms with Crippen LogP contribution in [0, 0.1) is 11.2 Å². The van der Waals surface area contributed by atoms with Crippen LogP contribution in [-0.2, 0) is 6.61 Å². The van der Waals surface area contributed by atoms with E-state index < -0.39 is 0 Å². The van der Waals surface area contributed by atoms with Gasteiger partial charge >= 0.3 is 0 Å². The van der Waals surface area contributed by atoms with Gasteiger partial charge in [0.15, 0.2) is 11.5 Å². The number of hydrogen-bond donors (Lipinski definition) is 2. The van der Waals surface area contributed by atoms with Crippen molar-refractivity contribution in [3.8, 4) is 11.5 Å². The summed E-state index contributed by atoms with van der Waals surface area (Å²) in [5.74, 6) is 0.514. The van der Waals surface area contributed by atoms with Crippen LogP contribution in [0.4, 0.5) is 4.39 Å². The standard InChI is InChI=1S/C15H15FN2O2.ClH/c1-19-13-4-2-3-12(15(17)18)14(13)20-9-10-5-7-11(16)8-6-10;/h2-8H,9H2,1H3,(H3,17,18);1H. The van der Waals surface area contributed by atoms with Gasteiger partial charge in [0.2, 0.25) is 0 Å². The van der Waals surface area contributed by atoms with E-state index in [9.17, 15) is 4.39 Å². The summed E-state index contributed by atoms with van der Waals surface area (Å²) in [6.07, 6.45) is 0. The summed E-state index contributed by atoms with van der Waals surface area (Å²) in [5, 5.41) is 7.55. The van der Waals surface area contributed by atoms with Crippen LogP contribution in [0.1, 0.15) is 11.1 Å². The van der Waals surface area contributed by atoms with Crippen molar-refractivity contribution in [1.29, 1.82) is 5.41 Å². The van der Waals surface area contributed by atoms with E-state index in [0.717, 1.165) is 5.56 Å². The zero-order valence-electron chi connectivity index (χ0n) is 11.4. The number of benzene rings is 2. The van der Waals surface area contributed by atoms with Crippen LogP contribution in [0.3, 0.4) is 0 Å². The molecule has 0 saturated carbocycles. The molecule has 0 saturated heterocycles. The van der Waals surface area contributed by atoms with Gasteiger partial charge < -0.3 is 15.2 Å². The van der Waals surface area contributed by atoms with Crippen molar-refractivity contribution in [3.05, 3.63) is 59.4 Å². The van der Waals surface area contributed by atoms with Crippen molar-refractivity contribution in [1.82, 2.24) is 0 Å². The minimum Gasteiger partial charge on any atom is -0.493 e. The number of ether oxygens (including phenoxy) is 2. The molecule has 0 radical (unpaired) electrons. The molecule has 0 spiro atoms. The first-order valence-electron chi connectivity index (χ1n) is 6.00. The van der Waals surface area contributed by atoms with Crippen LogP contribution >= 0.6 is 12.4 Å². The molecule has 112 valence electrons. The third kappa shape index (κ3) is 4.10. The third-order valence-electron chi connectivity index (χ3n) is 2.79. The van der Waals surface area contributed by atoms with Crippen LogP contribution in [-0.4, -0.2) is 12.9 Å². The number of nitrogens with two attached hydrogens (primary N) is 1. The van der Waals surface area contributed by atoms with E-state index >= 15 is 0 Å². The SMILES string of the molecule is COc1cccc(C(=N)N)c1OCc1ccc(F)cc1.Cl. The average Bonchev–Trinajstić information content (AvgIpc) is 2.46. The van der Waals surface area contributed by atoms with Gasteiger partial charge in [-0.1, -0.05) is 18.2 Å². The number of hydrogen-bond acceptors (Lipinski definition) is 3. The van der Waals surface area contributed by atoms with Gasteiger partial charge in [-0.2, -0.15) is 0 Å². The van der Waals surface area contributed by atoms with Crippen molar-refractivity contribution < 1.29 is 13.9 Å². The van der Waals surface area contributed by atoms with Crippen molar-refractivity contribution in [3.63, 3.8) is 0 Å². The summed E-state index contributed by atoms with van der Waals surface area (Å²) < 4.78 is 23.7. The van der Waals surface area contributed by atoms with Gasteiger partial charge in [-0.3, -0.25) is 5.41 Å². The van der Waals surface area contributed by atoms with Gasteiger partial charge in [0.05, 0.1) is 12.7 Å². The maximum absolute atomic E-state index is 12.8. The fourth-order valence-corrected chi connectivity index (χ4v) is 1.77. The Bertz CT molecular complexity index is 618. The molecule has 2 aromatic rings. The minimum absolute atomic E-state index is 0. The smallest absolute Gasteiger partial charge is 0.172 e. The molecule has 2 rings (SSSR count). The van der Waals surface area contributed by atoms with Crippen molar-refractivity contribution in [2.45, 2.75) is 6.61 Å². The van der Waals surface area contributed by atoms with Crippen molar-refractivity contribution >= 4 is 18.2 Å². The number of methoxy groups -OCH3 is 1. The number of halogens is 2. The number of nitrogens with one attached hydrogen (secondary N) is 1.